The molecule has 0 unspecified atom stereocenters. The number of ether oxygens (including phenoxy) is 2. The molecule has 110 valence electrons. The molecule has 2 aliphatic rings. The zero-order chi connectivity index (χ0) is 14.3. The highest BCUT2D eigenvalue weighted by atomic mass is 16.7. The molecule has 0 bridgehead atoms. The van der Waals surface area contributed by atoms with Crippen molar-refractivity contribution >= 4 is 0 Å². The Hall–Kier alpha value is -1.22. The molecule has 3 heteroatoms. The molecule has 0 saturated heterocycles. The number of fused-ring (bicyclic) bond motifs is 2. The van der Waals surface area contributed by atoms with Gasteiger partial charge >= 0.3 is 0 Å². The second-order valence-corrected chi connectivity index (χ2v) is 7.07. The first kappa shape index (κ1) is 13.7. The van der Waals surface area contributed by atoms with Crippen LogP contribution in [0.3, 0.4) is 0 Å². The maximum atomic E-state index is 5.57. The van der Waals surface area contributed by atoms with Gasteiger partial charge in [0, 0.05) is 11.5 Å². The van der Waals surface area contributed by atoms with Crippen LogP contribution in [-0.2, 0) is 6.42 Å². The van der Waals surface area contributed by atoms with E-state index >= 15 is 0 Å². The number of rotatable bonds is 4. The molecule has 1 aromatic carbocycles. The van der Waals surface area contributed by atoms with E-state index in [2.05, 4.69) is 40.2 Å². The fourth-order valence-corrected chi connectivity index (χ4v) is 3.88. The van der Waals surface area contributed by atoms with Gasteiger partial charge in [0.15, 0.2) is 11.5 Å². The third-order valence-corrected chi connectivity index (χ3v) is 4.64. The Morgan fingerprint density at radius 2 is 1.85 bits per heavy atom. The number of hydrogen-bond acceptors (Lipinski definition) is 2. The van der Waals surface area contributed by atoms with Crippen LogP contribution < -0.4 is 9.47 Å². The topological polar surface area (TPSA) is 18.5 Å². The first-order chi connectivity index (χ1) is 9.50. The summed E-state index contributed by atoms with van der Waals surface area (Å²) in [6.07, 6.45) is 5.10. The third kappa shape index (κ3) is 2.28. The van der Waals surface area contributed by atoms with Gasteiger partial charge in [-0.1, -0.05) is 19.8 Å². The van der Waals surface area contributed by atoms with Gasteiger partial charge in [-0.05, 0) is 30.5 Å². The van der Waals surface area contributed by atoms with Crippen LogP contribution in [0.2, 0.25) is 0 Å². The molecular weight excluding hydrogens is 250 g/mol. The largest absolute Gasteiger partial charge is 0.454 e. The molecule has 0 saturated carbocycles. The van der Waals surface area contributed by atoms with Crippen LogP contribution in [0.4, 0.5) is 0 Å². The van der Waals surface area contributed by atoms with E-state index in [1.165, 1.54) is 36.8 Å². The predicted molar refractivity (Wildman–Crippen MR) is 80.1 cm³/mol. The molecule has 0 amide bonds. The molecule has 3 nitrogen and oxygen atoms in total. The second-order valence-electron chi connectivity index (χ2n) is 7.07. The Labute approximate surface area is 122 Å². The average Bonchev–Trinajstić information content (AvgIpc) is 2.94. The van der Waals surface area contributed by atoms with E-state index in [1.54, 1.807) is 0 Å². The smallest absolute Gasteiger partial charge is 0.231 e. The van der Waals surface area contributed by atoms with Crippen LogP contribution in [0.5, 0.6) is 11.5 Å². The number of unbranched alkanes of at least 4 members (excludes halogenated alkanes) is 1. The van der Waals surface area contributed by atoms with Gasteiger partial charge in [-0.3, -0.25) is 0 Å². The van der Waals surface area contributed by atoms with Crippen molar-refractivity contribution in [1.29, 1.82) is 0 Å². The summed E-state index contributed by atoms with van der Waals surface area (Å²) in [7, 11) is 6.93. The molecule has 0 spiro atoms. The first-order valence-electron chi connectivity index (χ1n) is 7.74. The molecule has 1 heterocycles. The van der Waals surface area contributed by atoms with Crippen LogP contribution in [0, 0.1) is 5.92 Å². The molecule has 1 aliphatic carbocycles. The molecule has 1 aliphatic heterocycles. The lowest BCUT2D eigenvalue weighted by Gasteiger charge is -2.36. The number of nitrogens with zero attached hydrogens (tertiary/aromatic N) is 1. The molecule has 1 aromatic rings. The molecule has 0 radical (unpaired) electrons. The van der Waals surface area contributed by atoms with Crippen molar-refractivity contribution in [2.75, 3.05) is 27.9 Å². The summed E-state index contributed by atoms with van der Waals surface area (Å²) >= 11 is 0. The number of quaternary nitrogens is 1. The standard InChI is InChI=1S/C17H26NO2/c1-5-6-7-12-8-13-9-15-16(20-11-19-15)10-14(13)17(12)18(2,3)4/h9-10,12,17H,5-8,11H2,1-4H3/q+1/t12-,17-/m1/s1. The van der Waals surface area contributed by atoms with Crippen LogP contribution in [-0.4, -0.2) is 32.4 Å². The minimum atomic E-state index is 0.368. The SMILES string of the molecule is CCCC[C@@H]1Cc2cc3c(cc2[C@@H]1[N+](C)(C)C)OCO3. The maximum absolute atomic E-state index is 5.57. The molecule has 2 atom stereocenters. The lowest BCUT2D eigenvalue weighted by atomic mass is 9.92. The van der Waals surface area contributed by atoms with Crippen molar-refractivity contribution in [3.63, 3.8) is 0 Å². The van der Waals surface area contributed by atoms with E-state index in [0.717, 1.165) is 21.9 Å². The van der Waals surface area contributed by atoms with Crippen molar-refractivity contribution in [3.8, 4) is 11.5 Å². The quantitative estimate of drug-likeness (QED) is 0.783. The zero-order valence-electron chi connectivity index (χ0n) is 13.1. The fraction of sp³-hybridized carbons (Fsp3) is 0.647. The number of benzene rings is 1. The Morgan fingerprint density at radius 1 is 1.15 bits per heavy atom. The summed E-state index contributed by atoms with van der Waals surface area (Å²) in [4.78, 5) is 0. The van der Waals surface area contributed by atoms with Crippen molar-refractivity contribution in [1.82, 2.24) is 0 Å². The molecule has 0 aromatic heterocycles. The highest BCUT2D eigenvalue weighted by Gasteiger charge is 2.42. The van der Waals surface area contributed by atoms with Gasteiger partial charge in [0.05, 0.1) is 21.1 Å². The Balaban J connectivity index is 1.96. The highest BCUT2D eigenvalue weighted by Crippen LogP contribution is 2.48. The van der Waals surface area contributed by atoms with E-state index in [9.17, 15) is 0 Å². The van der Waals surface area contributed by atoms with E-state index in [1.807, 2.05) is 0 Å². The summed E-state index contributed by atoms with van der Waals surface area (Å²) in [5.74, 6) is 2.60. The molecular formula is C17H26NO2+. The van der Waals surface area contributed by atoms with Gasteiger partial charge in [0.25, 0.3) is 0 Å². The van der Waals surface area contributed by atoms with E-state index in [-0.39, 0.29) is 0 Å². The predicted octanol–water partition coefficient (Wildman–Crippen LogP) is 3.53. The van der Waals surface area contributed by atoms with Gasteiger partial charge < -0.3 is 14.0 Å². The summed E-state index contributed by atoms with van der Waals surface area (Å²) in [6.45, 7) is 2.64. The normalized spacial score (nSPS) is 24.0. The third-order valence-electron chi connectivity index (χ3n) is 4.64. The van der Waals surface area contributed by atoms with Crippen LogP contribution in [0.1, 0.15) is 43.4 Å². The van der Waals surface area contributed by atoms with Crippen LogP contribution >= 0.6 is 0 Å². The fourth-order valence-electron chi connectivity index (χ4n) is 3.88. The Morgan fingerprint density at radius 3 is 2.50 bits per heavy atom. The van der Waals surface area contributed by atoms with Gasteiger partial charge in [-0.25, -0.2) is 0 Å². The van der Waals surface area contributed by atoms with Gasteiger partial charge in [-0.2, -0.15) is 0 Å². The van der Waals surface area contributed by atoms with Crippen LogP contribution in [0.25, 0.3) is 0 Å². The molecule has 0 fully saturated rings. The van der Waals surface area contributed by atoms with E-state index in [4.69, 9.17) is 9.47 Å². The minimum absolute atomic E-state index is 0.368. The lowest BCUT2D eigenvalue weighted by molar-refractivity contribution is -0.905. The second kappa shape index (κ2) is 4.96. The maximum Gasteiger partial charge on any atom is 0.231 e. The van der Waals surface area contributed by atoms with Crippen molar-refractivity contribution < 1.29 is 14.0 Å². The van der Waals surface area contributed by atoms with Crippen LogP contribution in [0.15, 0.2) is 12.1 Å². The number of hydrogen-bond donors (Lipinski definition) is 0. The molecule has 0 N–H and O–H groups in total. The zero-order valence-corrected chi connectivity index (χ0v) is 13.1. The molecule has 20 heavy (non-hydrogen) atoms. The van der Waals surface area contributed by atoms with E-state index < -0.39 is 0 Å². The van der Waals surface area contributed by atoms with E-state index in [0.29, 0.717) is 12.8 Å². The summed E-state index contributed by atoms with van der Waals surface area (Å²) in [5.41, 5.74) is 2.94. The van der Waals surface area contributed by atoms with Crippen molar-refractivity contribution in [2.45, 2.75) is 38.6 Å². The van der Waals surface area contributed by atoms with Crippen molar-refractivity contribution in [3.05, 3.63) is 23.3 Å². The van der Waals surface area contributed by atoms with Crippen molar-refractivity contribution in [2.24, 2.45) is 5.92 Å². The Bertz CT molecular complexity index is 504. The average molecular weight is 276 g/mol. The first-order valence-corrected chi connectivity index (χ1v) is 7.74. The van der Waals surface area contributed by atoms with Gasteiger partial charge in [0.2, 0.25) is 6.79 Å². The monoisotopic (exact) mass is 276 g/mol. The molecule has 3 rings (SSSR count). The summed E-state index contributed by atoms with van der Waals surface area (Å²) in [6, 6.07) is 5.02. The summed E-state index contributed by atoms with van der Waals surface area (Å²) < 4.78 is 12.1. The minimum Gasteiger partial charge on any atom is -0.454 e. The van der Waals surface area contributed by atoms with Gasteiger partial charge in [0.1, 0.15) is 6.04 Å². The highest BCUT2D eigenvalue weighted by molar-refractivity contribution is 5.51. The Kier molecular flexibility index (Phi) is 3.41. The summed E-state index contributed by atoms with van der Waals surface area (Å²) in [5, 5.41) is 0. The lowest BCUT2D eigenvalue weighted by Crippen LogP contribution is -2.41. The van der Waals surface area contributed by atoms with Gasteiger partial charge in [-0.15, -0.1) is 0 Å².